The molecule has 1 atom stereocenters. The molecule has 1 aliphatic carbocycles. The van der Waals surface area contributed by atoms with Crippen LogP contribution in [0.2, 0.25) is 0 Å². The third-order valence-corrected chi connectivity index (χ3v) is 3.19. The van der Waals surface area contributed by atoms with E-state index in [-0.39, 0.29) is 12.2 Å². The zero-order chi connectivity index (χ0) is 11.1. The molecule has 0 amide bonds. The molecule has 0 spiro atoms. The minimum Gasteiger partial charge on any atom is -0.306 e. The molecular formula is C11H12F3N. The van der Waals surface area contributed by atoms with Gasteiger partial charge in [0.1, 0.15) is 11.4 Å². The number of hydrogen-bond acceptors (Lipinski definition) is 1. The van der Waals surface area contributed by atoms with Crippen LogP contribution in [0.1, 0.15) is 17.5 Å². The highest BCUT2D eigenvalue weighted by Gasteiger charge is 2.46. The summed E-state index contributed by atoms with van der Waals surface area (Å²) in [6.45, 7) is 0. The van der Waals surface area contributed by atoms with E-state index in [0.717, 1.165) is 0 Å². The highest BCUT2D eigenvalue weighted by Crippen LogP contribution is 2.41. The van der Waals surface area contributed by atoms with Crippen LogP contribution in [0.5, 0.6) is 0 Å². The number of halogens is 3. The van der Waals surface area contributed by atoms with Gasteiger partial charge in [-0.1, -0.05) is 12.1 Å². The van der Waals surface area contributed by atoms with Gasteiger partial charge in [-0.3, -0.25) is 0 Å². The van der Waals surface area contributed by atoms with E-state index in [4.69, 9.17) is 0 Å². The Morgan fingerprint density at radius 2 is 2.13 bits per heavy atom. The van der Waals surface area contributed by atoms with E-state index < -0.39 is 12.0 Å². The molecule has 0 heterocycles. The molecule has 82 valence electrons. The molecule has 1 nitrogen and oxygen atoms in total. The van der Waals surface area contributed by atoms with Crippen LogP contribution in [0.25, 0.3) is 0 Å². The zero-order valence-corrected chi connectivity index (χ0v) is 8.36. The molecule has 0 radical (unpaired) electrons. The van der Waals surface area contributed by atoms with Crippen molar-refractivity contribution in [3.05, 3.63) is 35.1 Å². The summed E-state index contributed by atoms with van der Waals surface area (Å²) in [5.41, 5.74) is -0.538. The molecule has 1 aromatic rings. The highest BCUT2D eigenvalue weighted by molar-refractivity contribution is 5.40. The third-order valence-electron chi connectivity index (χ3n) is 3.19. The van der Waals surface area contributed by atoms with Gasteiger partial charge < -0.3 is 5.32 Å². The van der Waals surface area contributed by atoms with Gasteiger partial charge in [0.15, 0.2) is 0 Å². The Morgan fingerprint density at radius 1 is 1.40 bits per heavy atom. The Labute approximate surface area is 86.3 Å². The molecule has 0 fully saturated rings. The summed E-state index contributed by atoms with van der Waals surface area (Å²) in [5, 5.41) is 2.64. The molecule has 0 aromatic heterocycles. The Bertz CT molecular complexity index is 378. The Balaban J connectivity index is 2.56. The minimum absolute atomic E-state index is 0.247. The van der Waals surface area contributed by atoms with Crippen LogP contribution in [-0.2, 0) is 12.0 Å². The van der Waals surface area contributed by atoms with Crippen molar-refractivity contribution >= 4 is 0 Å². The van der Waals surface area contributed by atoms with Crippen LogP contribution in [-0.4, -0.2) is 13.5 Å². The Kier molecular flexibility index (Phi) is 2.46. The fourth-order valence-corrected chi connectivity index (χ4v) is 2.28. The van der Waals surface area contributed by atoms with Gasteiger partial charge in [-0.25, -0.2) is 13.2 Å². The van der Waals surface area contributed by atoms with E-state index in [2.05, 4.69) is 5.32 Å². The van der Waals surface area contributed by atoms with Gasteiger partial charge in [0.25, 0.3) is 6.43 Å². The van der Waals surface area contributed by atoms with Crippen molar-refractivity contribution in [2.24, 2.45) is 0 Å². The van der Waals surface area contributed by atoms with Crippen LogP contribution in [0, 0.1) is 5.82 Å². The Morgan fingerprint density at radius 3 is 2.73 bits per heavy atom. The molecule has 1 aliphatic rings. The van der Waals surface area contributed by atoms with Gasteiger partial charge in [0, 0.05) is 0 Å². The molecule has 4 heteroatoms. The molecular weight excluding hydrogens is 203 g/mol. The van der Waals surface area contributed by atoms with Crippen molar-refractivity contribution in [1.82, 2.24) is 5.32 Å². The molecule has 0 bridgehead atoms. The van der Waals surface area contributed by atoms with E-state index in [9.17, 15) is 13.2 Å². The smallest absolute Gasteiger partial charge is 0.260 e. The molecule has 0 saturated carbocycles. The van der Waals surface area contributed by atoms with Gasteiger partial charge in [-0.2, -0.15) is 0 Å². The van der Waals surface area contributed by atoms with Crippen LogP contribution in [0.3, 0.4) is 0 Å². The highest BCUT2D eigenvalue weighted by atomic mass is 19.3. The van der Waals surface area contributed by atoms with Crippen LogP contribution in [0.15, 0.2) is 18.2 Å². The van der Waals surface area contributed by atoms with Crippen molar-refractivity contribution in [3.8, 4) is 0 Å². The van der Waals surface area contributed by atoms with Crippen molar-refractivity contribution in [1.29, 1.82) is 0 Å². The molecule has 1 unspecified atom stereocenters. The maximum atomic E-state index is 13.4. The molecule has 0 aliphatic heterocycles. The first-order valence-electron chi connectivity index (χ1n) is 4.87. The number of rotatable bonds is 2. The average molecular weight is 215 g/mol. The summed E-state index contributed by atoms with van der Waals surface area (Å²) in [6, 6.07) is 4.37. The molecule has 2 rings (SSSR count). The lowest BCUT2D eigenvalue weighted by molar-refractivity contribution is 0.0328. The van der Waals surface area contributed by atoms with Gasteiger partial charge in [0.05, 0.1) is 0 Å². The lowest BCUT2D eigenvalue weighted by Crippen LogP contribution is -2.44. The second kappa shape index (κ2) is 3.52. The number of fused-ring (bicyclic) bond motifs is 1. The molecule has 15 heavy (non-hydrogen) atoms. The lowest BCUT2D eigenvalue weighted by Gasteiger charge is -2.29. The topological polar surface area (TPSA) is 12.0 Å². The SMILES string of the molecule is CNC1(C(F)F)CCc2c(F)cccc21. The first-order valence-corrected chi connectivity index (χ1v) is 4.87. The van der Waals surface area contributed by atoms with Gasteiger partial charge in [-0.15, -0.1) is 0 Å². The summed E-state index contributed by atoms with van der Waals surface area (Å²) < 4.78 is 39.4. The normalized spacial score (nSPS) is 24.6. The van der Waals surface area contributed by atoms with E-state index >= 15 is 0 Å². The third kappa shape index (κ3) is 1.35. The monoisotopic (exact) mass is 215 g/mol. The summed E-state index contributed by atoms with van der Waals surface area (Å²) in [4.78, 5) is 0. The van der Waals surface area contributed by atoms with Crippen molar-refractivity contribution in [3.63, 3.8) is 0 Å². The standard InChI is InChI=1S/C11H12F3N/c1-15-11(10(13)14)6-5-7-8(11)3-2-4-9(7)12/h2-4,10,15H,5-6H2,1H3. The predicted octanol–water partition coefficient (Wildman–Crippen LogP) is 2.45. The van der Waals surface area contributed by atoms with Crippen LogP contribution in [0.4, 0.5) is 13.2 Å². The van der Waals surface area contributed by atoms with E-state index in [1.807, 2.05) is 0 Å². The van der Waals surface area contributed by atoms with Crippen molar-refractivity contribution in [2.45, 2.75) is 24.8 Å². The second-order valence-corrected chi connectivity index (χ2v) is 3.79. The predicted molar refractivity (Wildman–Crippen MR) is 51.5 cm³/mol. The second-order valence-electron chi connectivity index (χ2n) is 3.79. The summed E-state index contributed by atoms with van der Waals surface area (Å²) >= 11 is 0. The fraction of sp³-hybridized carbons (Fsp3) is 0.455. The maximum Gasteiger partial charge on any atom is 0.260 e. The zero-order valence-electron chi connectivity index (χ0n) is 8.36. The van der Waals surface area contributed by atoms with Gasteiger partial charge in [0.2, 0.25) is 0 Å². The quantitative estimate of drug-likeness (QED) is 0.799. The summed E-state index contributed by atoms with van der Waals surface area (Å²) in [6.07, 6.45) is -1.91. The number of nitrogens with one attached hydrogen (secondary N) is 1. The fourth-order valence-electron chi connectivity index (χ4n) is 2.28. The van der Waals surface area contributed by atoms with E-state index in [1.165, 1.54) is 19.2 Å². The number of alkyl halides is 2. The average Bonchev–Trinajstić information content (AvgIpc) is 2.59. The van der Waals surface area contributed by atoms with Crippen LogP contribution < -0.4 is 5.32 Å². The van der Waals surface area contributed by atoms with Gasteiger partial charge >= 0.3 is 0 Å². The molecule has 1 aromatic carbocycles. The number of hydrogen-bond donors (Lipinski definition) is 1. The first kappa shape index (κ1) is 10.5. The molecule has 1 N–H and O–H groups in total. The summed E-state index contributed by atoms with van der Waals surface area (Å²) in [7, 11) is 1.49. The summed E-state index contributed by atoms with van der Waals surface area (Å²) in [5.74, 6) is -0.384. The van der Waals surface area contributed by atoms with Crippen molar-refractivity contribution in [2.75, 3.05) is 7.05 Å². The van der Waals surface area contributed by atoms with Crippen LogP contribution >= 0.6 is 0 Å². The van der Waals surface area contributed by atoms with E-state index in [1.54, 1.807) is 6.07 Å². The number of benzene rings is 1. The lowest BCUT2D eigenvalue weighted by atomic mass is 9.92. The van der Waals surface area contributed by atoms with E-state index in [0.29, 0.717) is 17.5 Å². The maximum absolute atomic E-state index is 13.4. The van der Waals surface area contributed by atoms with Gasteiger partial charge in [-0.05, 0) is 37.1 Å². The molecule has 0 saturated heterocycles. The largest absolute Gasteiger partial charge is 0.306 e. The van der Waals surface area contributed by atoms with Crippen molar-refractivity contribution < 1.29 is 13.2 Å². The Hall–Kier alpha value is -1.03. The first-order chi connectivity index (χ1) is 7.12. The minimum atomic E-state index is -2.52.